The number of sulfonamides is 1. The minimum Gasteiger partial charge on any atom is -0.340 e. The molecule has 1 amide bonds. The van der Waals surface area contributed by atoms with E-state index in [1.807, 2.05) is 6.07 Å². The first-order chi connectivity index (χ1) is 15.4. The van der Waals surface area contributed by atoms with E-state index in [1.54, 1.807) is 31.2 Å². The van der Waals surface area contributed by atoms with E-state index < -0.39 is 15.6 Å². The van der Waals surface area contributed by atoms with Gasteiger partial charge in [0.2, 0.25) is 5.89 Å². The zero-order valence-corrected chi connectivity index (χ0v) is 18.7. The standard InChI is InChI=1S/C23H26N4O4S/c1-17-24-22(26-31-17)23(15-7-2-3-8-16-23)25-21(28)18-11-13-20(14-12-18)32(29,30)27-19-9-5-4-6-10-19/h4-6,9-14,27H,2-3,7-8,15-16H2,1H3,(H,25,28). The molecule has 1 aliphatic rings. The van der Waals surface area contributed by atoms with Gasteiger partial charge in [-0.25, -0.2) is 8.42 Å². The number of benzene rings is 2. The molecule has 9 heteroatoms. The Morgan fingerprint density at radius 3 is 2.22 bits per heavy atom. The zero-order valence-electron chi connectivity index (χ0n) is 17.9. The van der Waals surface area contributed by atoms with Crippen molar-refractivity contribution in [2.24, 2.45) is 0 Å². The van der Waals surface area contributed by atoms with Crippen LogP contribution in [0.5, 0.6) is 0 Å². The highest BCUT2D eigenvalue weighted by molar-refractivity contribution is 7.92. The van der Waals surface area contributed by atoms with Gasteiger partial charge in [-0.15, -0.1) is 0 Å². The van der Waals surface area contributed by atoms with Gasteiger partial charge in [0.15, 0.2) is 5.82 Å². The molecular weight excluding hydrogens is 428 g/mol. The molecule has 0 spiro atoms. The van der Waals surface area contributed by atoms with Gasteiger partial charge in [0.25, 0.3) is 15.9 Å². The predicted octanol–water partition coefficient (Wildman–Crippen LogP) is 4.16. The van der Waals surface area contributed by atoms with Gasteiger partial charge in [-0.05, 0) is 49.2 Å². The Kier molecular flexibility index (Phi) is 6.27. The Bertz CT molecular complexity index is 1170. The maximum Gasteiger partial charge on any atom is 0.261 e. The molecule has 0 radical (unpaired) electrons. The second-order valence-corrected chi connectivity index (χ2v) is 9.77. The lowest BCUT2D eigenvalue weighted by Gasteiger charge is -2.30. The monoisotopic (exact) mass is 454 g/mol. The van der Waals surface area contributed by atoms with Crippen molar-refractivity contribution in [2.75, 3.05) is 4.72 Å². The number of rotatable bonds is 6. The Balaban J connectivity index is 1.53. The largest absolute Gasteiger partial charge is 0.340 e. The summed E-state index contributed by atoms with van der Waals surface area (Å²) in [6.07, 6.45) is 5.55. The molecular formula is C23H26N4O4S. The highest BCUT2D eigenvalue weighted by Crippen LogP contribution is 2.35. The molecule has 0 bridgehead atoms. The van der Waals surface area contributed by atoms with Crippen molar-refractivity contribution in [3.63, 3.8) is 0 Å². The fraction of sp³-hybridized carbons (Fsp3) is 0.348. The van der Waals surface area contributed by atoms with Crippen molar-refractivity contribution in [3.8, 4) is 0 Å². The molecule has 0 aliphatic heterocycles. The van der Waals surface area contributed by atoms with Gasteiger partial charge >= 0.3 is 0 Å². The number of amides is 1. The SMILES string of the molecule is Cc1nc(C2(NC(=O)c3ccc(S(=O)(=O)Nc4ccccc4)cc3)CCCCCC2)no1. The van der Waals surface area contributed by atoms with Crippen molar-refractivity contribution >= 4 is 21.6 Å². The van der Waals surface area contributed by atoms with Crippen molar-refractivity contribution in [3.05, 3.63) is 71.9 Å². The lowest BCUT2D eigenvalue weighted by atomic mass is 9.88. The minimum absolute atomic E-state index is 0.0795. The predicted molar refractivity (Wildman–Crippen MR) is 120 cm³/mol. The fourth-order valence-electron chi connectivity index (χ4n) is 4.03. The highest BCUT2D eigenvalue weighted by atomic mass is 32.2. The van der Waals surface area contributed by atoms with Crippen LogP contribution >= 0.6 is 0 Å². The number of para-hydroxylation sites is 1. The van der Waals surface area contributed by atoms with Crippen LogP contribution in [-0.4, -0.2) is 24.5 Å². The number of hydrogen-bond donors (Lipinski definition) is 2. The van der Waals surface area contributed by atoms with Gasteiger partial charge in [-0.3, -0.25) is 9.52 Å². The second kappa shape index (κ2) is 9.12. The summed E-state index contributed by atoms with van der Waals surface area (Å²) in [5, 5.41) is 7.23. The van der Waals surface area contributed by atoms with Crippen molar-refractivity contribution in [1.82, 2.24) is 15.5 Å². The number of nitrogens with one attached hydrogen (secondary N) is 2. The molecule has 1 fully saturated rings. The third-order valence-corrected chi connectivity index (χ3v) is 7.12. The molecule has 2 N–H and O–H groups in total. The molecule has 32 heavy (non-hydrogen) atoms. The molecule has 168 valence electrons. The quantitative estimate of drug-likeness (QED) is 0.541. The van der Waals surface area contributed by atoms with Crippen LogP contribution in [0.3, 0.4) is 0 Å². The Morgan fingerprint density at radius 1 is 0.969 bits per heavy atom. The van der Waals surface area contributed by atoms with Crippen molar-refractivity contribution in [2.45, 2.75) is 55.9 Å². The summed E-state index contributed by atoms with van der Waals surface area (Å²) in [7, 11) is -3.75. The topological polar surface area (TPSA) is 114 Å². The normalized spacial score (nSPS) is 16.2. The third-order valence-electron chi connectivity index (χ3n) is 5.72. The molecule has 1 aliphatic carbocycles. The highest BCUT2D eigenvalue weighted by Gasteiger charge is 2.39. The maximum absolute atomic E-state index is 13.1. The van der Waals surface area contributed by atoms with Crippen LogP contribution in [0.4, 0.5) is 5.69 Å². The Morgan fingerprint density at radius 2 is 1.62 bits per heavy atom. The van der Waals surface area contributed by atoms with E-state index in [9.17, 15) is 13.2 Å². The van der Waals surface area contributed by atoms with E-state index in [0.717, 1.165) is 38.5 Å². The number of carbonyl (C=O) groups excluding carboxylic acids is 1. The lowest BCUT2D eigenvalue weighted by Crippen LogP contribution is -2.46. The van der Waals surface area contributed by atoms with Crippen LogP contribution in [0, 0.1) is 6.92 Å². The summed E-state index contributed by atoms with van der Waals surface area (Å²) in [6.45, 7) is 1.73. The van der Waals surface area contributed by atoms with E-state index in [0.29, 0.717) is 23.0 Å². The number of nitrogens with zero attached hydrogens (tertiary/aromatic N) is 2. The Labute approximate surface area is 187 Å². The first-order valence-electron chi connectivity index (χ1n) is 10.7. The summed E-state index contributed by atoms with van der Waals surface area (Å²) in [6, 6.07) is 14.5. The van der Waals surface area contributed by atoms with E-state index in [4.69, 9.17) is 4.52 Å². The molecule has 1 heterocycles. The van der Waals surface area contributed by atoms with Gasteiger partial charge in [0.1, 0.15) is 5.54 Å². The summed E-state index contributed by atoms with van der Waals surface area (Å²) in [4.78, 5) is 17.6. The van der Waals surface area contributed by atoms with E-state index in [1.165, 1.54) is 24.3 Å². The summed E-state index contributed by atoms with van der Waals surface area (Å²) < 4.78 is 33.0. The number of aromatic nitrogens is 2. The molecule has 1 aromatic heterocycles. The van der Waals surface area contributed by atoms with Gasteiger partial charge in [-0.1, -0.05) is 49.0 Å². The Hall–Kier alpha value is -3.20. The number of anilines is 1. The zero-order chi connectivity index (χ0) is 22.6. The van der Waals surface area contributed by atoms with Crippen LogP contribution in [0.15, 0.2) is 64.0 Å². The van der Waals surface area contributed by atoms with Crippen LogP contribution in [0.2, 0.25) is 0 Å². The minimum atomic E-state index is -3.75. The summed E-state index contributed by atoms with van der Waals surface area (Å²) in [5.74, 6) is 0.657. The third kappa shape index (κ3) is 4.83. The summed E-state index contributed by atoms with van der Waals surface area (Å²) >= 11 is 0. The van der Waals surface area contributed by atoms with E-state index in [2.05, 4.69) is 20.2 Å². The average molecular weight is 455 g/mol. The molecule has 2 aromatic carbocycles. The van der Waals surface area contributed by atoms with Crippen LogP contribution in [-0.2, 0) is 15.6 Å². The maximum atomic E-state index is 13.1. The van der Waals surface area contributed by atoms with Gasteiger partial charge in [0, 0.05) is 18.2 Å². The number of carbonyl (C=O) groups is 1. The molecule has 8 nitrogen and oxygen atoms in total. The molecule has 3 aromatic rings. The van der Waals surface area contributed by atoms with Gasteiger partial charge in [-0.2, -0.15) is 4.98 Å². The van der Waals surface area contributed by atoms with Gasteiger partial charge < -0.3 is 9.84 Å². The van der Waals surface area contributed by atoms with Crippen molar-refractivity contribution in [1.29, 1.82) is 0 Å². The molecule has 0 atom stereocenters. The average Bonchev–Trinajstić information content (AvgIpc) is 3.09. The van der Waals surface area contributed by atoms with Crippen LogP contribution in [0.1, 0.15) is 60.6 Å². The second-order valence-electron chi connectivity index (χ2n) is 8.08. The van der Waals surface area contributed by atoms with Crippen LogP contribution in [0.25, 0.3) is 0 Å². The van der Waals surface area contributed by atoms with Gasteiger partial charge in [0.05, 0.1) is 4.90 Å². The van der Waals surface area contributed by atoms with E-state index in [-0.39, 0.29) is 10.8 Å². The molecule has 1 saturated carbocycles. The fourth-order valence-corrected chi connectivity index (χ4v) is 5.08. The number of hydrogen-bond acceptors (Lipinski definition) is 6. The van der Waals surface area contributed by atoms with Crippen molar-refractivity contribution < 1.29 is 17.7 Å². The first-order valence-corrected chi connectivity index (χ1v) is 12.2. The first kappa shape index (κ1) is 22.0. The molecule has 4 rings (SSSR count). The lowest BCUT2D eigenvalue weighted by molar-refractivity contribution is 0.0876. The smallest absolute Gasteiger partial charge is 0.261 e. The number of aryl methyl sites for hydroxylation is 1. The van der Waals surface area contributed by atoms with Crippen LogP contribution < -0.4 is 10.0 Å². The summed E-state index contributed by atoms with van der Waals surface area (Å²) in [5.41, 5.74) is 0.151. The van der Waals surface area contributed by atoms with E-state index >= 15 is 0 Å². The molecule has 0 saturated heterocycles. The molecule has 0 unspecified atom stereocenters.